The first-order valence-corrected chi connectivity index (χ1v) is 11.2. The molecule has 2 aromatic heterocycles. The van der Waals surface area contributed by atoms with Crippen LogP contribution in [0.2, 0.25) is 0 Å². The Balaban J connectivity index is 1.92. The number of aryl methyl sites for hydroxylation is 2. The molecule has 1 saturated heterocycles. The molecule has 1 aromatic carbocycles. The predicted molar refractivity (Wildman–Crippen MR) is 119 cm³/mol. The number of benzene rings is 1. The standard InChI is InChI=1S/C23H21NO4S2/c1-13-6-7-17(28-3)16(11-13)20(25)18-19(22-14(2)8-10-30-22)24(23(27)21(18)26)12-15-5-4-9-29-15/h4-11,19,25H,12H2,1-3H3/b20-18+. The number of ether oxygens (including phenoxy) is 1. The summed E-state index contributed by atoms with van der Waals surface area (Å²) in [5.41, 5.74) is 2.40. The number of Topliss-reactive ketones (excluding diaryl/α,β-unsaturated/α-hetero) is 1. The van der Waals surface area contributed by atoms with Crippen LogP contribution < -0.4 is 4.74 Å². The number of aliphatic hydroxyl groups is 1. The molecule has 0 spiro atoms. The van der Waals surface area contributed by atoms with E-state index in [0.717, 1.165) is 20.9 Å². The van der Waals surface area contributed by atoms with E-state index in [-0.39, 0.29) is 11.3 Å². The topological polar surface area (TPSA) is 66.8 Å². The molecular weight excluding hydrogens is 418 g/mol. The zero-order valence-electron chi connectivity index (χ0n) is 16.8. The number of thiophene rings is 2. The summed E-state index contributed by atoms with van der Waals surface area (Å²) in [5, 5.41) is 15.1. The third-order valence-corrected chi connectivity index (χ3v) is 7.14. The van der Waals surface area contributed by atoms with Gasteiger partial charge >= 0.3 is 0 Å². The summed E-state index contributed by atoms with van der Waals surface area (Å²) >= 11 is 3.01. The van der Waals surface area contributed by atoms with E-state index < -0.39 is 17.7 Å². The van der Waals surface area contributed by atoms with Gasteiger partial charge in [0, 0.05) is 9.75 Å². The molecule has 3 aromatic rings. The number of carbonyl (C=O) groups excluding carboxylic acids is 2. The maximum Gasteiger partial charge on any atom is 0.296 e. The average Bonchev–Trinajstić information content (AvgIpc) is 3.45. The van der Waals surface area contributed by atoms with Crippen LogP contribution in [0.15, 0.2) is 52.7 Å². The molecule has 3 heterocycles. The average molecular weight is 440 g/mol. The van der Waals surface area contributed by atoms with Crippen molar-refractivity contribution < 1.29 is 19.4 Å². The van der Waals surface area contributed by atoms with Crippen LogP contribution in [0.25, 0.3) is 5.76 Å². The van der Waals surface area contributed by atoms with Crippen molar-refractivity contribution in [2.24, 2.45) is 0 Å². The van der Waals surface area contributed by atoms with Gasteiger partial charge in [-0.2, -0.15) is 0 Å². The number of likely N-dealkylation sites (tertiary alicyclic amines) is 1. The molecule has 154 valence electrons. The summed E-state index contributed by atoms with van der Waals surface area (Å²) in [7, 11) is 1.51. The van der Waals surface area contributed by atoms with Crippen molar-refractivity contribution in [3.8, 4) is 5.75 Å². The van der Waals surface area contributed by atoms with Crippen molar-refractivity contribution in [2.45, 2.75) is 26.4 Å². The number of aliphatic hydroxyl groups excluding tert-OH is 1. The van der Waals surface area contributed by atoms with Crippen LogP contribution in [-0.4, -0.2) is 28.8 Å². The fraction of sp³-hybridized carbons (Fsp3) is 0.217. The second kappa shape index (κ2) is 8.08. The lowest BCUT2D eigenvalue weighted by atomic mass is 9.97. The highest BCUT2D eigenvalue weighted by molar-refractivity contribution is 7.10. The smallest absolute Gasteiger partial charge is 0.296 e. The molecule has 1 N–H and O–H groups in total. The fourth-order valence-corrected chi connectivity index (χ4v) is 5.45. The Morgan fingerprint density at radius 3 is 2.57 bits per heavy atom. The molecule has 1 unspecified atom stereocenters. The summed E-state index contributed by atoms with van der Waals surface area (Å²) in [6.07, 6.45) is 0. The van der Waals surface area contributed by atoms with Gasteiger partial charge < -0.3 is 14.7 Å². The first-order valence-electron chi connectivity index (χ1n) is 9.42. The lowest BCUT2D eigenvalue weighted by molar-refractivity contribution is -0.140. The fourth-order valence-electron chi connectivity index (χ4n) is 3.70. The number of rotatable bonds is 5. The maximum atomic E-state index is 13.1. The number of ketones is 1. The predicted octanol–water partition coefficient (Wildman–Crippen LogP) is 5.06. The number of nitrogens with zero attached hydrogens (tertiary/aromatic N) is 1. The lowest BCUT2D eigenvalue weighted by Gasteiger charge is -2.24. The Bertz CT molecular complexity index is 1140. The zero-order valence-corrected chi connectivity index (χ0v) is 18.5. The minimum atomic E-state index is -0.676. The number of carbonyl (C=O) groups is 2. The molecule has 1 fully saturated rings. The van der Waals surface area contributed by atoms with Gasteiger partial charge in [-0.1, -0.05) is 17.7 Å². The van der Waals surface area contributed by atoms with E-state index in [1.165, 1.54) is 29.8 Å². The third-order valence-electron chi connectivity index (χ3n) is 5.21. The molecule has 30 heavy (non-hydrogen) atoms. The van der Waals surface area contributed by atoms with Crippen molar-refractivity contribution >= 4 is 40.1 Å². The third kappa shape index (κ3) is 3.44. The normalized spacial score (nSPS) is 18.2. The highest BCUT2D eigenvalue weighted by atomic mass is 32.1. The molecule has 0 aliphatic carbocycles. The van der Waals surface area contributed by atoms with E-state index in [2.05, 4.69) is 0 Å². The highest BCUT2D eigenvalue weighted by Crippen LogP contribution is 2.44. The molecule has 1 atom stereocenters. The highest BCUT2D eigenvalue weighted by Gasteiger charge is 2.47. The van der Waals surface area contributed by atoms with Crippen molar-refractivity contribution in [1.29, 1.82) is 0 Å². The van der Waals surface area contributed by atoms with Crippen LogP contribution in [-0.2, 0) is 16.1 Å². The Morgan fingerprint density at radius 1 is 1.13 bits per heavy atom. The molecule has 1 aliphatic heterocycles. The molecule has 0 bridgehead atoms. The first-order chi connectivity index (χ1) is 14.4. The van der Waals surface area contributed by atoms with Crippen molar-refractivity contribution in [2.75, 3.05) is 7.11 Å². The molecule has 7 heteroatoms. The molecule has 0 saturated carbocycles. The summed E-state index contributed by atoms with van der Waals surface area (Å²) < 4.78 is 5.41. The number of hydrogen-bond donors (Lipinski definition) is 1. The van der Waals surface area contributed by atoms with Crippen LogP contribution >= 0.6 is 22.7 Å². The van der Waals surface area contributed by atoms with E-state index >= 15 is 0 Å². The Hall–Kier alpha value is -2.90. The number of amides is 1. The summed E-state index contributed by atoms with van der Waals surface area (Å²) in [5.74, 6) is -1.04. The monoisotopic (exact) mass is 439 g/mol. The van der Waals surface area contributed by atoms with Crippen molar-refractivity contribution in [3.05, 3.63) is 79.2 Å². The first kappa shape index (κ1) is 20.4. The summed E-state index contributed by atoms with van der Waals surface area (Å²) in [6, 6.07) is 10.5. The van der Waals surface area contributed by atoms with Gasteiger partial charge in [-0.05, 0) is 54.4 Å². The van der Waals surface area contributed by atoms with Crippen LogP contribution in [0.5, 0.6) is 5.75 Å². The van der Waals surface area contributed by atoms with Gasteiger partial charge in [0.25, 0.3) is 11.7 Å². The summed E-state index contributed by atoms with van der Waals surface area (Å²) in [6.45, 7) is 4.16. The van der Waals surface area contributed by atoms with E-state index in [4.69, 9.17) is 4.74 Å². The Labute approximate surface area is 182 Å². The molecule has 1 aliphatic rings. The van der Waals surface area contributed by atoms with Gasteiger partial charge in [0.1, 0.15) is 17.6 Å². The SMILES string of the molecule is COc1ccc(C)cc1/C(O)=C1\C(=O)C(=O)N(Cc2cccs2)C1c1sccc1C. The van der Waals surface area contributed by atoms with Gasteiger partial charge in [-0.3, -0.25) is 9.59 Å². The molecular formula is C23H21NO4S2. The van der Waals surface area contributed by atoms with Crippen LogP contribution in [0.4, 0.5) is 0 Å². The van der Waals surface area contributed by atoms with Crippen molar-refractivity contribution in [3.63, 3.8) is 0 Å². The molecule has 1 amide bonds. The number of methoxy groups -OCH3 is 1. The van der Waals surface area contributed by atoms with Gasteiger partial charge in [-0.15, -0.1) is 22.7 Å². The molecule has 5 nitrogen and oxygen atoms in total. The van der Waals surface area contributed by atoms with Crippen LogP contribution in [0.3, 0.4) is 0 Å². The minimum absolute atomic E-state index is 0.103. The maximum absolute atomic E-state index is 13.1. The van der Waals surface area contributed by atoms with Gasteiger partial charge in [0.15, 0.2) is 0 Å². The second-order valence-electron chi connectivity index (χ2n) is 7.18. The molecule has 0 radical (unpaired) electrons. The van der Waals surface area contributed by atoms with Crippen molar-refractivity contribution in [1.82, 2.24) is 4.90 Å². The van der Waals surface area contributed by atoms with Gasteiger partial charge in [0.2, 0.25) is 0 Å². The second-order valence-corrected chi connectivity index (χ2v) is 9.16. The van der Waals surface area contributed by atoms with E-state index in [9.17, 15) is 14.7 Å². The Kier molecular flexibility index (Phi) is 5.49. The van der Waals surface area contributed by atoms with E-state index in [1.807, 2.05) is 48.9 Å². The largest absolute Gasteiger partial charge is 0.507 e. The van der Waals surface area contributed by atoms with Gasteiger partial charge in [-0.25, -0.2) is 0 Å². The molecule has 4 rings (SSSR count). The zero-order chi connectivity index (χ0) is 21.4. The number of hydrogen-bond acceptors (Lipinski definition) is 6. The lowest BCUT2D eigenvalue weighted by Crippen LogP contribution is -2.28. The van der Waals surface area contributed by atoms with Crippen LogP contribution in [0, 0.1) is 13.8 Å². The van der Waals surface area contributed by atoms with Crippen LogP contribution in [0.1, 0.15) is 32.5 Å². The van der Waals surface area contributed by atoms with E-state index in [1.54, 1.807) is 17.0 Å². The van der Waals surface area contributed by atoms with E-state index in [0.29, 0.717) is 17.9 Å². The Morgan fingerprint density at radius 2 is 1.93 bits per heavy atom. The minimum Gasteiger partial charge on any atom is -0.507 e. The quantitative estimate of drug-likeness (QED) is 0.343. The summed E-state index contributed by atoms with van der Waals surface area (Å²) in [4.78, 5) is 29.6. The van der Waals surface area contributed by atoms with Gasteiger partial charge in [0.05, 0.1) is 24.8 Å².